The molecule has 112 valence electrons. The predicted molar refractivity (Wildman–Crippen MR) is 81.5 cm³/mol. The van der Waals surface area contributed by atoms with E-state index in [4.69, 9.17) is 14.0 Å². The van der Waals surface area contributed by atoms with E-state index in [2.05, 4.69) is 33.3 Å². The zero-order chi connectivity index (χ0) is 15.0. The van der Waals surface area contributed by atoms with E-state index in [1.807, 2.05) is 26.0 Å². The highest BCUT2D eigenvalue weighted by Crippen LogP contribution is 2.40. The topological polar surface area (TPSA) is 56.5 Å². The average Bonchev–Trinajstić information content (AvgIpc) is 3.03. The molecular weight excluding hydrogens is 336 g/mol. The first-order valence-electron chi connectivity index (χ1n) is 6.80. The zero-order valence-electron chi connectivity index (χ0n) is 12.2. The third-order valence-electron chi connectivity index (χ3n) is 3.62. The lowest BCUT2D eigenvalue weighted by molar-refractivity contribution is 0.173. The Labute approximate surface area is 131 Å². The van der Waals surface area contributed by atoms with Gasteiger partial charge in [0.2, 0.25) is 6.79 Å². The number of nitrogens with zero attached hydrogens (tertiary/aromatic N) is 1. The zero-order valence-corrected chi connectivity index (χ0v) is 13.8. The van der Waals surface area contributed by atoms with Crippen LogP contribution in [0.15, 0.2) is 21.1 Å². The van der Waals surface area contributed by atoms with Crippen molar-refractivity contribution in [2.75, 3.05) is 6.79 Å². The van der Waals surface area contributed by atoms with E-state index >= 15 is 0 Å². The molecule has 0 saturated carbocycles. The van der Waals surface area contributed by atoms with Crippen molar-refractivity contribution in [1.82, 2.24) is 10.5 Å². The molecule has 5 nitrogen and oxygen atoms in total. The Kier molecular flexibility index (Phi) is 3.91. The average molecular weight is 353 g/mol. The minimum Gasteiger partial charge on any atom is -0.454 e. The highest BCUT2D eigenvalue weighted by Gasteiger charge is 2.19. The molecule has 0 fully saturated rings. The third kappa shape index (κ3) is 2.78. The predicted octanol–water partition coefficient (Wildman–Crippen LogP) is 3.63. The number of benzene rings is 1. The van der Waals surface area contributed by atoms with Crippen molar-refractivity contribution in [2.24, 2.45) is 0 Å². The minimum atomic E-state index is 0.167. The van der Waals surface area contributed by atoms with Crippen molar-refractivity contribution >= 4 is 15.9 Å². The van der Waals surface area contributed by atoms with E-state index in [-0.39, 0.29) is 12.8 Å². The van der Waals surface area contributed by atoms with Gasteiger partial charge in [0.25, 0.3) is 0 Å². The molecule has 1 aliphatic rings. The smallest absolute Gasteiger partial charge is 0.231 e. The molecule has 2 heterocycles. The highest BCUT2D eigenvalue weighted by molar-refractivity contribution is 9.10. The van der Waals surface area contributed by atoms with Crippen LogP contribution in [-0.2, 0) is 6.54 Å². The largest absolute Gasteiger partial charge is 0.454 e. The summed E-state index contributed by atoms with van der Waals surface area (Å²) in [5.41, 5.74) is 3.18. The summed E-state index contributed by atoms with van der Waals surface area (Å²) in [6, 6.07) is 4.21. The lowest BCUT2D eigenvalue weighted by atomic mass is 10.1. The van der Waals surface area contributed by atoms with Crippen LogP contribution >= 0.6 is 15.9 Å². The number of halogens is 1. The van der Waals surface area contributed by atoms with Crippen LogP contribution in [0, 0.1) is 13.8 Å². The van der Waals surface area contributed by atoms with Crippen molar-refractivity contribution in [1.29, 1.82) is 0 Å². The van der Waals surface area contributed by atoms with Gasteiger partial charge in [0.1, 0.15) is 5.76 Å². The van der Waals surface area contributed by atoms with Gasteiger partial charge in [-0.05, 0) is 54.4 Å². The number of nitrogens with one attached hydrogen (secondary N) is 1. The molecule has 0 amide bonds. The molecule has 0 spiro atoms. The van der Waals surface area contributed by atoms with Gasteiger partial charge in [0, 0.05) is 18.2 Å². The standard InChI is InChI=1S/C15H17BrN2O3/c1-8(14-9(2)18-21-10(14)3)17-6-11-4-12(16)15-13(5-11)19-7-20-15/h4-5,8,17H,6-7H2,1-3H3. The number of aryl methyl sites for hydroxylation is 2. The van der Waals surface area contributed by atoms with Gasteiger partial charge >= 0.3 is 0 Å². The first-order chi connectivity index (χ1) is 10.1. The van der Waals surface area contributed by atoms with Gasteiger partial charge in [-0.1, -0.05) is 5.16 Å². The molecule has 3 rings (SSSR count). The fraction of sp³-hybridized carbons (Fsp3) is 0.400. The lowest BCUT2D eigenvalue weighted by Gasteiger charge is -2.14. The number of fused-ring (bicyclic) bond motifs is 1. The molecular formula is C15H17BrN2O3. The number of hydrogen-bond acceptors (Lipinski definition) is 5. The molecule has 0 bridgehead atoms. The molecule has 1 aromatic carbocycles. The quantitative estimate of drug-likeness (QED) is 0.910. The summed E-state index contributed by atoms with van der Waals surface area (Å²) in [5.74, 6) is 2.42. The van der Waals surface area contributed by atoms with Gasteiger partial charge in [-0.3, -0.25) is 0 Å². The summed E-state index contributed by atoms with van der Waals surface area (Å²) in [7, 11) is 0. The number of ether oxygens (including phenoxy) is 2. The summed E-state index contributed by atoms with van der Waals surface area (Å²) < 4.78 is 17.0. The molecule has 0 saturated heterocycles. The summed E-state index contributed by atoms with van der Waals surface area (Å²) in [5, 5.41) is 7.48. The molecule has 0 radical (unpaired) electrons. The van der Waals surface area contributed by atoms with E-state index in [1.54, 1.807) is 0 Å². The Bertz CT molecular complexity index is 650. The molecule has 21 heavy (non-hydrogen) atoms. The van der Waals surface area contributed by atoms with Crippen molar-refractivity contribution < 1.29 is 14.0 Å². The first kappa shape index (κ1) is 14.4. The maximum Gasteiger partial charge on any atom is 0.231 e. The van der Waals surface area contributed by atoms with E-state index < -0.39 is 0 Å². The Morgan fingerprint density at radius 1 is 1.33 bits per heavy atom. The Morgan fingerprint density at radius 2 is 2.14 bits per heavy atom. The second kappa shape index (κ2) is 5.69. The second-order valence-electron chi connectivity index (χ2n) is 5.15. The van der Waals surface area contributed by atoms with E-state index in [9.17, 15) is 0 Å². The van der Waals surface area contributed by atoms with Gasteiger partial charge in [0.05, 0.1) is 10.2 Å². The summed E-state index contributed by atoms with van der Waals surface area (Å²) in [4.78, 5) is 0. The second-order valence-corrected chi connectivity index (χ2v) is 6.01. The molecule has 1 atom stereocenters. The molecule has 1 unspecified atom stereocenters. The van der Waals surface area contributed by atoms with Crippen molar-refractivity contribution in [3.05, 3.63) is 39.2 Å². The van der Waals surface area contributed by atoms with E-state index in [0.29, 0.717) is 0 Å². The van der Waals surface area contributed by atoms with E-state index in [1.165, 1.54) is 0 Å². The number of rotatable bonds is 4. The monoisotopic (exact) mass is 352 g/mol. The number of hydrogen-bond donors (Lipinski definition) is 1. The van der Waals surface area contributed by atoms with Crippen LogP contribution in [0.3, 0.4) is 0 Å². The summed E-state index contributed by atoms with van der Waals surface area (Å²) >= 11 is 3.51. The molecule has 1 aliphatic heterocycles. The third-order valence-corrected chi connectivity index (χ3v) is 4.21. The van der Waals surface area contributed by atoms with Crippen LogP contribution in [0.1, 0.15) is 35.5 Å². The van der Waals surface area contributed by atoms with Gasteiger partial charge in [-0.15, -0.1) is 0 Å². The molecule has 1 N–H and O–H groups in total. The Balaban J connectivity index is 1.72. The number of aromatic nitrogens is 1. The van der Waals surface area contributed by atoms with E-state index in [0.717, 1.165) is 45.1 Å². The minimum absolute atomic E-state index is 0.167. The van der Waals surface area contributed by atoms with Crippen molar-refractivity contribution in [2.45, 2.75) is 33.4 Å². The molecule has 2 aromatic rings. The van der Waals surface area contributed by atoms with Crippen LogP contribution in [0.5, 0.6) is 11.5 Å². The highest BCUT2D eigenvalue weighted by atomic mass is 79.9. The fourth-order valence-electron chi connectivity index (χ4n) is 2.60. The molecule has 6 heteroatoms. The SMILES string of the molecule is Cc1noc(C)c1C(C)NCc1cc(Br)c2c(c1)OCO2. The maximum atomic E-state index is 5.43. The van der Waals surface area contributed by atoms with Crippen molar-refractivity contribution in [3.8, 4) is 11.5 Å². The van der Waals surface area contributed by atoms with Gasteiger partial charge < -0.3 is 19.3 Å². The van der Waals surface area contributed by atoms with Crippen LogP contribution < -0.4 is 14.8 Å². The van der Waals surface area contributed by atoms with Crippen LogP contribution in [0.2, 0.25) is 0 Å². The van der Waals surface area contributed by atoms with Gasteiger partial charge in [-0.25, -0.2) is 0 Å². The maximum absolute atomic E-state index is 5.43. The van der Waals surface area contributed by atoms with Crippen LogP contribution in [0.25, 0.3) is 0 Å². The Hall–Kier alpha value is -1.53. The van der Waals surface area contributed by atoms with Gasteiger partial charge in [-0.2, -0.15) is 0 Å². The van der Waals surface area contributed by atoms with Crippen LogP contribution in [0.4, 0.5) is 0 Å². The summed E-state index contributed by atoms with van der Waals surface area (Å²) in [6.07, 6.45) is 0. The molecule has 0 aliphatic carbocycles. The molecule has 1 aromatic heterocycles. The van der Waals surface area contributed by atoms with Gasteiger partial charge in [0.15, 0.2) is 11.5 Å². The Morgan fingerprint density at radius 3 is 2.86 bits per heavy atom. The van der Waals surface area contributed by atoms with Crippen molar-refractivity contribution in [3.63, 3.8) is 0 Å². The first-order valence-corrected chi connectivity index (χ1v) is 7.59. The lowest BCUT2D eigenvalue weighted by Crippen LogP contribution is -2.19. The van der Waals surface area contributed by atoms with Crippen LogP contribution in [-0.4, -0.2) is 11.9 Å². The summed E-state index contributed by atoms with van der Waals surface area (Å²) in [6.45, 7) is 7.00. The normalized spacial score (nSPS) is 14.5. The fourth-order valence-corrected chi connectivity index (χ4v) is 3.21.